The van der Waals surface area contributed by atoms with Crippen LogP contribution in [0, 0.1) is 5.92 Å². The van der Waals surface area contributed by atoms with Crippen molar-refractivity contribution in [1.29, 1.82) is 0 Å². The third kappa shape index (κ3) is 4.59. The van der Waals surface area contributed by atoms with Crippen LogP contribution >= 0.6 is 0 Å². The van der Waals surface area contributed by atoms with E-state index >= 15 is 0 Å². The van der Waals surface area contributed by atoms with Crippen LogP contribution in [0.3, 0.4) is 0 Å². The van der Waals surface area contributed by atoms with E-state index in [-0.39, 0.29) is 18.4 Å². The summed E-state index contributed by atoms with van der Waals surface area (Å²) in [5.74, 6) is -1.79. The van der Waals surface area contributed by atoms with Crippen LogP contribution in [0.2, 0.25) is 0 Å². The summed E-state index contributed by atoms with van der Waals surface area (Å²) in [4.78, 5) is 28.9. The summed E-state index contributed by atoms with van der Waals surface area (Å²) >= 11 is 0. The molecule has 31 heavy (non-hydrogen) atoms. The number of hydrogen-bond donors (Lipinski definition) is 3. The van der Waals surface area contributed by atoms with Crippen molar-refractivity contribution in [3.63, 3.8) is 0 Å². The number of aromatic nitrogens is 1. The minimum absolute atomic E-state index is 0.160. The Labute approximate surface area is 181 Å². The highest BCUT2D eigenvalue weighted by atomic mass is 16.4. The summed E-state index contributed by atoms with van der Waals surface area (Å²) < 4.78 is 0. The molecule has 6 nitrogen and oxygen atoms in total. The summed E-state index contributed by atoms with van der Waals surface area (Å²) in [7, 11) is 0. The molecule has 2 atom stereocenters. The molecule has 1 amide bonds. The van der Waals surface area contributed by atoms with Crippen molar-refractivity contribution < 1.29 is 14.7 Å². The van der Waals surface area contributed by atoms with E-state index in [4.69, 9.17) is 5.73 Å². The molecular weight excluding hydrogens is 390 g/mol. The van der Waals surface area contributed by atoms with Gasteiger partial charge in [0.25, 0.3) is 0 Å². The van der Waals surface area contributed by atoms with Crippen LogP contribution in [0.5, 0.6) is 0 Å². The van der Waals surface area contributed by atoms with E-state index in [9.17, 15) is 14.7 Å². The maximum atomic E-state index is 12.9. The van der Waals surface area contributed by atoms with Gasteiger partial charge in [0, 0.05) is 30.0 Å². The van der Waals surface area contributed by atoms with Gasteiger partial charge in [0.2, 0.25) is 5.91 Å². The Balaban J connectivity index is 1.51. The average Bonchev–Trinajstić information content (AvgIpc) is 3.29. The van der Waals surface area contributed by atoms with Crippen LogP contribution in [0.15, 0.2) is 60.9 Å². The molecule has 3 aromatic rings. The van der Waals surface area contributed by atoms with Gasteiger partial charge in [-0.05, 0) is 53.5 Å². The number of hydrogen-bond acceptors (Lipinski definition) is 4. The molecule has 0 spiro atoms. The minimum Gasteiger partial charge on any atom is -0.481 e. The molecule has 1 aliphatic rings. The van der Waals surface area contributed by atoms with Gasteiger partial charge in [-0.3, -0.25) is 14.6 Å². The molecule has 160 valence electrons. The zero-order valence-corrected chi connectivity index (χ0v) is 17.3. The van der Waals surface area contributed by atoms with E-state index in [1.807, 2.05) is 48.5 Å². The molecular formula is C25H27N3O3. The highest BCUT2D eigenvalue weighted by Gasteiger charge is 2.32. The van der Waals surface area contributed by atoms with Gasteiger partial charge >= 0.3 is 5.97 Å². The van der Waals surface area contributed by atoms with Gasteiger partial charge < -0.3 is 16.2 Å². The zero-order chi connectivity index (χ0) is 21.8. The Hall–Kier alpha value is -3.25. The number of carbonyl (C=O) groups excluding carboxylic acids is 1. The highest BCUT2D eigenvalue weighted by molar-refractivity contribution is 5.98. The fourth-order valence-electron chi connectivity index (χ4n) is 4.63. The number of rotatable bonds is 7. The Morgan fingerprint density at radius 2 is 1.74 bits per heavy atom. The number of fused-ring (bicyclic) bond motifs is 1. The van der Waals surface area contributed by atoms with Crippen LogP contribution < -0.4 is 11.1 Å². The van der Waals surface area contributed by atoms with Crippen molar-refractivity contribution in [3.05, 3.63) is 72.1 Å². The maximum Gasteiger partial charge on any atom is 0.311 e. The first-order chi connectivity index (χ1) is 15.1. The lowest BCUT2D eigenvalue weighted by Crippen LogP contribution is -2.27. The number of carboxylic acids is 1. The van der Waals surface area contributed by atoms with Gasteiger partial charge in [0.1, 0.15) is 0 Å². The SMILES string of the molecule is NCC(C(=O)Nc1ccc2cnccc2c1)c1ccc(C(C(=O)O)C2CCCC2)cc1. The molecule has 0 radical (unpaired) electrons. The molecule has 1 aliphatic carbocycles. The van der Waals surface area contributed by atoms with Crippen molar-refractivity contribution in [2.75, 3.05) is 11.9 Å². The predicted octanol–water partition coefficient (Wildman–Crippen LogP) is 4.27. The summed E-state index contributed by atoms with van der Waals surface area (Å²) in [6.45, 7) is 0.160. The standard InChI is InChI=1S/C25H27N3O3/c26-14-22(24(29)28-21-10-9-20-15-27-12-11-19(20)13-21)16-5-7-18(8-6-16)23(25(30)31)17-3-1-2-4-17/h5-13,15,17,22-23H,1-4,14,26H2,(H,28,29)(H,30,31). The van der Waals surface area contributed by atoms with Crippen molar-refractivity contribution in [1.82, 2.24) is 4.98 Å². The topological polar surface area (TPSA) is 105 Å². The Kier molecular flexibility index (Phi) is 6.28. The largest absolute Gasteiger partial charge is 0.481 e. The Morgan fingerprint density at radius 3 is 2.42 bits per heavy atom. The fraction of sp³-hybridized carbons (Fsp3) is 0.320. The molecule has 6 heteroatoms. The van der Waals surface area contributed by atoms with Crippen LogP contribution in [0.1, 0.15) is 48.6 Å². The minimum atomic E-state index is -0.778. The van der Waals surface area contributed by atoms with Gasteiger partial charge in [0.05, 0.1) is 11.8 Å². The molecule has 0 saturated heterocycles. The first kappa shape index (κ1) is 21.0. The van der Waals surface area contributed by atoms with Gasteiger partial charge in [0.15, 0.2) is 0 Å². The molecule has 1 saturated carbocycles. The molecule has 1 aromatic heterocycles. The van der Waals surface area contributed by atoms with E-state index in [0.717, 1.165) is 47.6 Å². The number of carboxylic acid groups (broad SMARTS) is 1. The van der Waals surface area contributed by atoms with Gasteiger partial charge in [-0.25, -0.2) is 0 Å². The smallest absolute Gasteiger partial charge is 0.311 e. The summed E-state index contributed by atoms with van der Waals surface area (Å²) in [5.41, 5.74) is 8.21. The maximum absolute atomic E-state index is 12.9. The third-order valence-corrected chi connectivity index (χ3v) is 6.30. The average molecular weight is 418 g/mol. The van der Waals surface area contributed by atoms with Crippen molar-refractivity contribution in [2.24, 2.45) is 11.7 Å². The second-order valence-electron chi connectivity index (χ2n) is 8.24. The van der Waals surface area contributed by atoms with Crippen LogP contribution in [0.25, 0.3) is 10.8 Å². The van der Waals surface area contributed by atoms with Gasteiger partial charge in [-0.2, -0.15) is 0 Å². The number of pyridine rings is 1. The second kappa shape index (κ2) is 9.27. The van der Waals surface area contributed by atoms with E-state index in [0.29, 0.717) is 5.69 Å². The number of nitrogens with zero attached hydrogens (tertiary/aromatic N) is 1. The van der Waals surface area contributed by atoms with Gasteiger partial charge in [-0.15, -0.1) is 0 Å². The highest BCUT2D eigenvalue weighted by Crippen LogP contribution is 2.38. The summed E-state index contributed by atoms with van der Waals surface area (Å²) in [5, 5.41) is 14.7. The quantitative estimate of drug-likeness (QED) is 0.532. The van der Waals surface area contributed by atoms with Crippen LogP contribution in [-0.4, -0.2) is 28.5 Å². The van der Waals surface area contributed by atoms with Gasteiger partial charge in [-0.1, -0.05) is 43.2 Å². The van der Waals surface area contributed by atoms with E-state index in [2.05, 4.69) is 10.3 Å². The third-order valence-electron chi connectivity index (χ3n) is 6.30. The number of nitrogens with one attached hydrogen (secondary N) is 1. The van der Waals surface area contributed by atoms with E-state index < -0.39 is 17.8 Å². The fourth-order valence-corrected chi connectivity index (χ4v) is 4.63. The molecule has 0 aliphatic heterocycles. The van der Waals surface area contributed by atoms with Crippen molar-refractivity contribution in [2.45, 2.75) is 37.5 Å². The monoisotopic (exact) mass is 417 g/mol. The first-order valence-corrected chi connectivity index (χ1v) is 10.7. The summed E-state index contributed by atoms with van der Waals surface area (Å²) in [6, 6.07) is 14.9. The zero-order valence-electron chi connectivity index (χ0n) is 17.3. The second-order valence-corrected chi connectivity index (χ2v) is 8.24. The Morgan fingerprint density at radius 1 is 1.03 bits per heavy atom. The number of aliphatic carboxylic acids is 1. The Bertz CT molecular complexity index is 1070. The number of nitrogens with two attached hydrogens (primary N) is 1. The van der Waals surface area contributed by atoms with E-state index in [1.54, 1.807) is 12.4 Å². The first-order valence-electron chi connectivity index (χ1n) is 10.7. The molecule has 4 N–H and O–H groups in total. The lowest BCUT2D eigenvalue weighted by Gasteiger charge is -2.21. The molecule has 4 rings (SSSR count). The molecule has 1 heterocycles. The lowest BCUT2D eigenvalue weighted by molar-refractivity contribution is -0.140. The normalized spacial score (nSPS) is 16.2. The molecule has 1 fully saturated rings. The van der Waals surface area contributed by atoms with Crippen LogP contribution in [-0.2, 0) is 9.59 Å². The predicted molar refractivity (Wildman–Crippen MR) is 121 cm³/mol. The van der Waals surface area contributed by atoms with Crippen molar-refractivity contribution in [3.8, 4) is 0 Å². The number of benzene rings is 2. The molecule has 2 unspecified atom stereocenters. The lowest BCUT2D eigenvalue weighted by atomic mass is 9.84. The summed E-state index contributed by atoms with van der Waals surface area (Å²) in [6.07, 6.45) is 7.58. The van der Waals surface area contributed by atoms with Crippen molar-refractivity contribution >= 4 is 28.3 Å². The van der Waals surface area contributed by atoms with E-state index in [1.165, 1.54) is 0 Å². The van der Waals surface area contributed by atoms with Crippen LogP contribution in [0.4, 0.5) is 5.69 Å². The number of anilines is 1. The number of carbonyl (C=O) groups is 2. The molecule has 2 aromatic carbocycles. The number of amides is 1. The molecule has 0 bridgehead atoms.